The highest BCUT2D eigenvalue weighted by molar-refractivity contribution is 6.01. The molecule has 0 aliphatic heterocycles. The van der Waals surface area contributed by atoms with Crippen molar-refractivity contribution in [3.63, 3.8) is 0 Å². The quantitative estimate of drug-likeness (QED) is 0.459. The van der Waals surface area contributed by atoms with E-state index in [1.807, 2.05) is 6.92 Å². The predicted octanol–water partition coefficient (Wildman–Crippen LogP) is 3.81. The van der Waals surface area contributed by atoms with Crippen LogP contribution in [0.15, 0.2) is 72.1 Å². The van der Waals surface area contributed by atoms with Crippen molar-refractivity contribution >= 4 is 11.6 Å². The van der Waals surface area contributed by atoms with Gasteiger partial charge in [-0.25, -0.2) is 5.43 Å². The number of hydrazone groups is 1. The maximum Gasteiger partial charge on any atom is 0.272 e. The Morgan fingerprint density at radius 2 is 1.84 bits per heavy atom. The fourth-order valence-electron chi connectivity index (χ4n) is 3.13. The van der Waals surface area contributed by atoms with Gasteiger partial charge < -0.3 is 0 Å². The zero-order valence-electron chi connectivity index (χ0n) is 13.9. The maximum atomic E-state index is 12.1. The zero-order valence-corrected chi connectivity index (χ0v) is 13.9. The van der Waals surface area contributed by atoms with Gasteiger partial charge in [0, 0.05) is 12.4 Å². The van der Waals surface area contributed by atoms with Crippen LogP contribution in [0.1, 0.15) is 34.0 Å². The summed E-state index contributed by atoms with van der Waals surface area (Å²) in [4.78, 5) is 16.0. The molecule has 1 aliphatic rings. The van der Waals surface area contributed by atoms with E-state index >= 15 is 0 Å². The minimum absolute atomic E-state index is 0.263. The molecule has 0 bridgehead atoms. The number of hydrogen-bond acceptors (Lipinski definition) is 3. The summed E-state index contributed by atoms with van der Waals surface area (Å²) in [5.74, 6) is -0.263. The number of aromatic nitrogens is 1. The normalized spacial score (nSPS) is 12.4. The van der Waals surface area contributed by atoms with Gasteiger partial charge in [0.1, 0.15) is 0 Å². The Kier molecular flexibility index (Phi) is 3.86. The van der Waals surface area contributed by atoms with Crippen molar-refractivity contribution in [3.8, 4) is 11.1 Å². The van der Waals surface area contributed by atoms with Gasteiger partial charge in [-0.3, -0.25) is 9.78 Å². The monoisotopic (exact) mass is 327 g/mol. The van der Waals surface area contributed by atoms with Gasteiger partial charge in [-0.2, -0.15) is 5.10 Å². The van der Waals surface area contributed by atoms with Crippen molar-refractivity contribution in [3.05, 3.63) is 89.2 Å². The molecular formula is C21H17N3O. The van der Waals surface area contributed by atoms with E-state index in [0.717, 1.165) is 17.7 Å². The highest BCUT2D eigenvalue weighted by atomic mass is 16.2. The molecule has 0 radical (unpaired) electrons. The van der Waals surface area contributed by atoms with Gasteiger partial charge in [-0.05, 0) is 59.4 Å². The molecule has 122 valence electrons. The van der Waals surface area contributed by atoms with Crippen LogP contribution in [-0.4, -0.2) is 16.6 Å². The molecule has 0 saturated carbocycles. The lowest BCUT2D eigenvalue weighted by Crippen LogP contribution is -2.19. The summed E-state index contributed by atoms with van der Waals surface area (Å²) < 4.78 is 0. The first-order valence-corrected chi connectivity index (χ1v) is 8.18. The molecule has 1 aromatic heterocycles. The summed E-state index contributed by atoms with van der Waals surface area (Å²) in [6, 6.07) is 18.3. The van der Waals surface area contributed by atoms with Crippen molar-refractivity contribution < 1.29 is 4.79 Å². The van der Waals surface area contributed by atoms with Crippen molar-refractivity contribution in [2.24, 2.45) is 5.10 Å². The van der Waals surface area contributed by atoms with Crippen LogP contribution in [-0.2, 0) is 6.42 Å². The van der Waals surface area contributed by atoms with Gasteiger partial charge in [-0.15, -0.1) is 0 Å². The van der Waals surface area contributed by atoms with E-state index in [2.05, 4.69) is 58.0 Å². The standard InChI is InChI=1S/C21H17N3O/c1-14(23-24-21(25)17-6-4-10-22-13-17)15-8-9-20-18(11-15)12-16-5-2-3-7-19(16)20/h2-11,13H,12H2,1H3,(H,24,25)/b23-14-. The molecule has 4 nitrogen and oxygen atoms in total. The molecule has 1 amide bonds. The number of carbonyl (C=O) groups excluding carboxylic acids is 1. The van der Waals surface area contributed by atoms with Crippen LogP contribution < -0.4 is 5.43 Å². The number of carbonyl (C=O) groups is 1. The van der Waals surface area contributed by atoms with Crippen LogP contribution in [0.25, 0.3) is 11.1 Å². The Morgan fingerprint density at radius 3 is 2.68 bits per heavy atom. The third-order valence-electron chi connectivity index (χ3n) is 4.46. The average molecular weight is 327 g/mol. The Balaban J connectivity index is 1.55. The summed E-state index contributed by atoms with van der Waals surface area (Å²) in [5.41, 5.74) is 10.1. The zero-order chi connectivity index (χ0) is 17.2. The summed E-state index contributed by atoms with van der Waals surface area (Å²) in [6.45, 7) is 1.90. The Bertz CT molecular complexity index is 977. The lowest BCUT2D eigenvalue weighted by molar-refractivity contribution is 0.0954. The van der Waals surface area contributed by atoms with Crippen LogP contribution >= 0.6 is 0 Å². The Labute approximate surface area is 146 Å². The molecule has 0 fully saturated rings. The van der Waals surface area contributed by atoms with E-state index in [0.29, 0.717) is 5.56 Å². The second kappa shape index (κ2) is 6.32. The second-order valence-corrected chi connectivity index (χ2v) is 6.09. The molecule has 0 spiro atoms. The Hall–Kier alpha value is -3.27. The summed E-state index contributed by atoms with van der Waals surface area (Å²) in [5, 5.41) is 4.23. The van der Waals surface area contributed by atoms with Crippen LogP contribution in [0.3, 0.4) is 0 Å². The van der Waals surface area contributed by atoms with E-state index in [-0.39, 0.29) is 5.91 Å². The SMILES string of the molecule is C/C(=N/NC(=O)c1cccnc1)c1ccc2c(c1)Cc1ccccc1-2. The highest BCUT2D eigenvalue weighted by Gasteiger charge is 2.18. The summed E-state index contributed by atoms with van der Waals surface area (Å²) in [7, 11) is 0. The molecule has 1 heterocycles. The topological polar surface area (TPSA) is 54.4 Å². The number of pyridine rings is 1. The minimum Gasteiger partial charge on any atom is -0.267 e. The van der Waals surface area contributed by atoms with Crippen LogP contribution in [0.2, 0.25) is 0 Å². The van der Waals surface area contributed by atoms with Crippen molar-refractivity contribution in [1.29, 1.82) is 0 Å². The number of nitrogens with one attached hydrogen (secondary N) is 1. The molecule has 0 atom stereocenters. The molecule has 0 unspecified atom stereocenters. The Morgan fingerprint density at radius 1 is 1.00 bits per heavy atom. The minimum atomic E-state index is -0.263. The smallest absolute Gasteiger partial charge is 0.267 e. The number of rotatable bonds is 3. The largest absolute Gasteiger partial charge is 0.272 e. The molecule has 1 N–H and O–H groups in total. The van der Waals surface area contributed by atoms with Gasteiger partial charge in [0.25, 0.3) is 5.91 Å². The highest BCUT2D eigenvalue weighted by Crippen LogP contribution is 2.36. The number of benzene rings is 2. The molecule has 2 aromatic carbocycles. The van der Waals surface area contributed by atoms with E-state index in [9.17, 15) is 4.79 Å². The maximum absolute atomic E-state index is 12.1. The van der Waals surface area contributed by atoms with Crippen molar-refractivity contribution in [2.75, 3.05) is 0 Å². The van der Waals surface area contributed by atoms with Crippen LogP contribution in [0.5, 0.6) is 0 Å². The molecule has 3 aromatic rings. The fraction of sp³-hybridized carbons (Fsp3) is 0.0952. The predicted molar refractivity (Wildman–Crippen MR) is 98.6 cm³/mol. The van der Waals surface area contributed by atoms with E-state index < -0.39 is 0 Å². The number of nitrogens with zero attached hydrogens (tertiary/aromatic N) is 2. The van der Waals surface area contributed by atoms with Gasteiger partial charge in [0.05, 0.1) is 11.3 Å². The van der Waals surface area contributed by atoms with Gasteiger partial charge in [0.2, 0.25) is 0 Å². The third kappa shape index (κ3) is 2.94. The molecule has 0 saturated heterocycles. The summed E-state index contributed by atoms with van der Waals surface area (Å²) >= 11 is 0. The van der Waals surface area contributed by atoms with E-state index in [4.69, 9.17) is 0 Å². The number of amides is 1. The molecular weight excluding hydrogens is 310 g/mol. The first-order valence-electron chi connectivity index (χ1n) is 8.18. The van der Waals surface area contributed by atoms with Crippen molar-refractivity contribution in [2.45, 2.75) is 13.3 Å². The van der Waals surface area contributed by atoms with Crippen molar-refractivity contribution in [1.82, 2.24) is 10.4 Å². The van der Waals surface area contributed by atoms with Gasteiger partial charge in [-0.1, -0.05) is 36.4 Å². The third-order valence-corrected chi connectivity index (χ3v) is 4.46. The molecule has 4 heteroatoms. The van der Waals surface area contributed by atoms with Crippen LogP contribution in [0, 0.1) is 0 Å². The second-order valence-electron chi connectivity index (χ2n) is 6.09. The van der Waals surface area contributed by atoms with E-state index in [1.54, 1.807) is 18.3 Å². The first kappa shape index (κ1) is 15.3. The van der Waals surface area contributed by atoms with Gasteiger partial charge in [0.15, 0.2) is 0 Å². The fourth-order valence-corrected chi connectivity index (χ4v) is 3.13. The number of fused-ring (bicyclic) bond motifs is 3. The lowest BCUT2D eigenvalue weighted by Gasteiger charge is -2.06. The molecule has 25 heavy (non-hydrogen) atoms. The summed E-state index contributed by atoms with van der Waals surface area (Å²) in [6.07, 6.45) is 4.09. The van der Waals surface area contributed by atoms with E-state index in [1.165, 1.54) is 28.5 Å². The van der Waals surface area contributed by atoms with Gasteiger partial charge >= 0.3 is 0 Å². The molecule has 1 aliphatic carbocycles. The lowest BCUT2D eigenvalue weighted by atomic mass is 10.0. The average Bonchev–Trinajstić information content (AvgIpc) is 3.04. The first-order chi connectivity index (χ1) is 12.2. The van der Waals surface area contributed by atoms with Crippen LogP contribution in [0.4, 0.5) is 0 Å². The molecule has 4 rings (SSSR count). The number of hydrogen-bond donors (Lipinski definition) is 1.